The van der Waals surface area contributed by atoms with E-state index in [1.54, 1.807) is 9.80 Å². The molecule has 1 N–H and O–H groups in total. The van der Waals surface area contributed by atoms with Gasteiger partial charge in [0.05, 0.1) is 11.6 Å². The second kappa shape index (κ2) is 5.66. The van der Waals surface area contributed by atoms with Gasteiger partial charge in [-0.3, -0.25) is 0 Å². The lowest BCUT2D eigenvalue weighted by Crippen LogP contribution is -2.49. The van der Waals surface area contributed by atoms with Gasteiger partial charge in [0, 0.05) is 32.4 Å². The SMILES string of the molecule is O=C1NCCN1[C@H]1CCCN(c2ncccc2C(F)(F)F)C1. The molecule has 8 heteroatoms. The molecule has 120 valence electrons. The summed E-state index contributed by atoms with van der Waals surface area (Å²) in [5.41, 5.74) is -0.721. The Balaban J connectivity index is 1.82. The highest BCUT2D eigenvalue weighted by molar-refractivity contribution is 5.76. The van der Waals surface area contributed by atoms with Gasteiger partial charge in [0.1, 0.15) is 5.82 Å². The summed E-state index contributed by atoms with van der Waals surface area (Å²) in [5, 5.41) is 2.73. The van der Waals surface area contributed by atoms with Crippen molar-refractivity contribution in [3.63, 3.8) is 0 Å². The average Bonchev–Trinajstić information content (AvgIpc) is 2.93. The van der Waals surface area contributed by atoms with Crippen LogP contribution in [0, 0.1) is 0 Å². The van der Waals surface area contributed by atoms with Crippen LogP contribution in [0.1, 0.15) is 18.4 Å². The quantitative estimate of drug-likeness (QED) is 0.909. The van der Waals surface area contributed by atoms with E-state index in [9.17, 15) is 18.0 Å². The highest BCUT2D eigenvalue weighted by Crippen LogP contribution is 2.36. The maximum absolute atomic E-state index is 13.1. The Bertz CT molecular complexity index is 563. The lowest BCUT2D eigenvalue weighted by Gasteiger charge is -2.38. The zero-order valence-corrected chi connectivity index (χ0v) is 11.9. The number of alkyl halides is 3. The van der Waals surface area contributed by atoms with Crippen molar-refractivity contribution in [3.05, 3.63) is 23.9 Å². The highest BCUT2D eigenvalue weighted by Gasteiger charge is 2.38. The first-order chi connectivity index (χ1) is 10.5. The first-order valence-corrected chi connectivity index (χ1v) is 7.28. The van der Waals surface area contributed by atoms with Crippen LogP contribution in [-0.2, 0) is 6.18 Å². The number of urea groups is 1. The minimum Gasteiger partial charge on any atom is -0.354 e. The monoisotopic (exact) mass is 314 g/mol. The third kappa shape index (κ3) is 2.82. The summed E-state index contributed by atoms with van der Waals surface area (Å²) in [6.45, 7) is 2.10. The number of nitrogens with zero attached hydrogens (tertiary/aromatic N) is 3. The van der Waals surface area contributed by atoms with Gasteiger partial charge in [-0.05, 0) is 25.0 Å². The maximum atomic E-state index is 13.1. The number of rotatable bonds is 2. The van der Waals surface area contributed by atoms with Crippen LogP contribution in [0.4, 0.5) is 23.8 Å². The number of hydrogen-bond donors (Lipinski definition) is 1. The molecule has 2 saturated heterocycles. The third-order valence-corrected chi connectivity index (χ3v) is 4.12. The standard InChI is InChI=1S/C14H17F3N4O/c15-14(16,17)11-4-1-5-18-12(11)20-7-2-3-10(9-20)21-8-6-19-13(21)22/h1,4-5,10H,2-3,6-9H2,(H,19,22)/t10-/m0/s1. The van der Waals surface area contributed by atoms with E-state index in [0.717, 1.165) is 18.9 Å². The molecule has 22 heavy (non-hydrogen) atoms. The largest absolute Gasteiger partial charge is 0.419 e. The third-order valence-electron chi connectivity index (χ3n) is 4.12. The van der Waals surface area contributed by atoms with Gasteiger partial charge in [-0.25, -0.2) is 9.78 Å². The Morgan fingerprint density at radius 2 is 2.14 bits per heavy atom. The second-order valence-electron chi connectivity index (χ2n) is 5.54. The summed E-state index contributed by atoms with van der Waals surface area (Å²) < 4.78 is 39.4. The minimum absolute atomic E-state index is 0.0423. The number of aromatic nitrogens is 1. The Hall–Kier alpha value is -1.99. The molecule has 2 fully saturated rings. The van der Waals surface area contributed by atoms with Crippen molar-refractivity contribution in [1.82, 2.24) is 15.2 Å². The van der Waals surface area contributed by atoms with Gasteiger partial charge in [0.25, 0.3) is 0 Å². The predicted octanol–water partition coefficient (Wildman–Crippen LogP) is 2.09. The van der Waals surface area contributed by atoms with Gasteiger partial charge in [-0.2, -0.15) is 13.2 Å². The Morgan fingerprint density at radius 3 is 2.82 bits per heavy atom. The first kappa shape index (κ1) is 14.9. The Labute approximate surface area is 126 Å². The normalized spacial score (nSPS) is 22.9. The van der Waals surface area contributed by atoms with Crippen LogP contribution < -0.4 is 10.2 Å². The van der Waals surface area contributed by atoms with Crippen LogP contribution in [0.3, 0.4) is 0 Å². The fourth-order valence-corrected chi connectivity index (χ4v) is 3.11. The Morgan fingerprint density at radius 1 is 1.32 bits per heavy atom. The Kier molecular flexibility index (Phi) is 3.84. The molecule has 2 aliphatic heterocycles. The van der Waals surface area contributed by atoms with Crippen LogP contribution in [0.5, 0.6) is 0 Å². The molecule has 0 bridgehead atoms. The van der Waals surface area contributed by atoms with E-state index >= 15 is 0 Å². The second-order valence-corrected chi connectivity index (χ2v) is 5.54. The molecule has 0 radical (unpaired) electrons. The van der Waals surface area contributed by atoms with E-state index in [-0.39, 0.29) is 17.9 Å². The molecular formula is C14H17F3N4O. The smallest absolute Gasteiger partial charge is 0.354 e. The summed E-state index contributed by atoms with van der Waals surface area (Å²) >= 11 is 0. The number of amides is 2. The summed E-state index contributed by atoms with van der Waals surface area (Å²) in [6.07, 6.45) is -1.52. The van der Waals surface area contributed by atoms with E-state index < -0.39 is 11.7 Å². The topological polar surface area (TPSA) is 48.5 Å². The van der Waals surface area contributed by atoms with Crippen LogP contribution in [0.2, 0.25) is 0 Å². The number of anilines is 1. The number of carbonyl (C=O) groups excluding carboxylic acids is 1. The summed E-state index contributed by atoms with van der Waals surface area (Å²) in [6, 6.07) is 2.14. The fraction of sp³-hybridized carbons (Fsp3) is 0.571. The summed E-state index contributed by atoms with van der Waals surface area (Å²) in [7, 11) is 0. The molecule has 2 aliphatic rings. The van der Waals surface area contributed by atoms with Gasteiger partial charge in [0.15, 0.2) is 0 Å². The zero-order chi connectivity index (χ0) is 15.7. The van der Waals surface area contributed by atoms with Crippen molar-refractivity contribution in [2.75, 3.05) is 31.1 Å². The van der Waals surface area contributed by atoms with Crippen LogP contribution in [-0.4, -0.2) is 48.1 Å². The van der Waals surface area contributed by atoms with Crippen molar-refractivity contribution >= 4 is 11.8 Å². The van der Waals surface area contributed by atoms with Crippen molar-refractivity contribution in [3.8, 4) is 0 Å². The zero-order valence-electron chi connectivity index (χ0n) is 11.9. The van der Waals surface area contributed by atoms with Crippen molar-refractivity contribution in [1.29, 1.82) is 0 Å². The molecule has 0 spiro atoms. The van der Waals surface area contributed by atoms with E-state index in [0.29, 0.717) is 26.2 Å². The molecule has 0 saturated carbocycles. The minimum atomic E-state index is -4.43. The van der Waals surface area contributed by atoms with Crippen LogP contribution in [0.15, 0.2) is 18.3 Å². The van der Waals surface area contributed by atoms with E-state index in [1.165, 1.54) is 12.3 Å². The lowest BCUT2D eigenvalue weighted by molar-refractivity contribution is -0.137. The molecule has 5 nitrogen and oxygen atoms in total. The number of piperidine rings is 1. The molecule has 1 aromatic rings. The molecule has 0 aromatic carbocycles. The van der Waals surface area contributed by atoms with Gasteiger partial charge in [0.2, 0.25) is 0 Å². The van der Waals surface area contributed by atoms with E-state index in [2.05, 4.69) is 10.3 Å². The predicted molar refractivity (Wildman–Crippen MR) is 74.6 cm³/mol. The molecule has 3 rings (SSSR count). The number of hydrogen-bond acceptors (Lipinski definition) is 3. The number of halogens is 3. The molecule has 3 heterocycles. The summed E-state index contributed by atoms with van der Waals surface area (Å²) in [4.78, 5) is 19.0. The molecule has 0 aliphatic carbocycles. The first-order valence-electron chi connectivity index (χ1n) is 7.28. The van der Waals surface area contributed by atoms with Crippen molar-refractivity contribution in [2.45, 2.75) is 25.1 Å². The maximum Gasteiger partial charge on any atom is 0.419 e. The van der Waals surface area contributed by atoms with Gasteiger partial charge in [-0.1, -0.05) is 0 Å². The van der Waals surface area contributed by atoms with Crippen molar-refractivity contribution < 1.29 is 18.0 Å². The lowest BCUT2D eigenvalue weighted by atomic mass is 10.0. The van der Waals surface area contributed by atoms with E-state index in [4.69, 9.17) is 0 Å². The number of nitrogens with one attached hydrogen (secondary N) is 1. The molecule has 0 unspecified atom stereocenters. The molecular weight excluding hydrogens is 297 g/mol. The van der Waals surface area contributed by atoms with Crippen molar-refractivity contribution in [2.24, 2.45) is 0 Å². The van der Waals surface area contributed by atoms with Crippen LogP contribution >= 0.6 is 0 Å². The average molecular weight is 314 g/mol. The van der Waals surface area contributed by atoms with Gasteiger partial charge < -0.3 is 15.1 Å². The highest BCUT2D eigenvalue weighted by atomic mass is 19.4. The van der Waals surface area contributed by atoms with Crippen LogP contribution in [0.25, 0.3) is 0 Å². The number of pyridine rings is 1. The fourth-order valence-electron chi connectivity index (χ4n) is 3.11. The summed E-state index contributed by atoms with van der Waals surface area (Å²) in [5.74, 6) is -0.0423. The molecule has 2 amide bonds. The molecule has 1 atom stereocenters. The van der Waals surface area contributed by atoms with Gasteiger partial charge in [-0.15, -0.1) is 0 Å². The van der Waals surface area contributed by atoms with Gasteiger partial charge >= 0.3 is 12.2 Å². The number of carbonyl (C=O) groups is 1. The van der Waals surface area contributed by atoms with E-state index in [1.807, 2.05) is 0 Å². The molecule has 1 aromatic heterocycles.